The number of para-hydroxylation sites is 1. The van der Waals surface area contributed by atoms with Gasteiger partial charge in [0.1, 0.15) is 29.6 Å². The highest BCUT2D eigenvalue weighted by molar-refractivity contribution is 6.05. The van der Waals surface area contributed by atoms with Crippen LogP contribution in [-0.2, 0) is 0 Å². The molecule has 3 aromatic carbocycles. The summed E-state index contributed by atoms with van der Waals surface area (Å²) in [5.74, 6) is -4.38. The van der Waals surface area contributed by atoms with E-state index in [1.807, 2.05) is 18.2 Å². The molecule has 6 rings (SSSR count). The number of ether oxygens (including phenoxy) is 1. The predicted molar refractivity (Wildman–Crippen MR) is 189 cm³/mol. The van der Waals surface area contributed by atoms with Crippen LogP contribution in [0.25, 0.3) is 5.57 Å². The second-order valence-electron chi connectivity index (χ2n) is 12.0. The number of carbonyl (C=O) groups is 2. The van der Waals surface area contributed by atoms with E-state index in [9.17, 15) is 43.8 Å². The molecule has 14 nitrogen and oxygen atoms in total. The fraction of sp³-hybridized carbons (Fsp3) is 0.189. The molecule has 0 bridgehead atoms. The number of fused-ring (bicyclic) bond motifs is 2. The first-order valence-electron chi connectivity index (χ1n) is 16.5. The first-order valence-corrected chi connectivity index (χ1v) is 16.5. The van der Waals surface area contributed by atoms with E-state index in [0.717, 1.165) is 42.2 Å². The van der Waals surface area contributed by atoms with Crippen LogP contribution in [0.2, 0.25) is 0 Å². The molecule has 0 saturated carbocycles. The number of benzene rings is 3. The van der Waals surface area contributed by atoms with Gasteiger partial charge in [-0.3, -0.25) is 14.9 Å². The molecule has 2 aliphatic rings. The molecule has 0 radical (unpaired) electrons. The summed E-state index contributed by atoms with van der Waals surface area (Å²) in [5, 5.41) is 50.1. The van der Waals surface area contributed by atoms with Crippen LogP contribution in [0, 0.1) is 15.9 Å². The Hall–Kier alpha value is -6.68. The maximum absolute atomic E-state index is 14.7. The number of unbranched alkanes of at least 4 members (excludes halogenated alkanes) is 3. The molecular formula is C37H32F2N6O8. The van der Waals surface area contributed by atoms with Crippen LogP contribution in [0.5, 0.6) is 11.5 Å². The number of amides is 1. The number of hydrogen-bond donors (Lipinski definition) is 6. The average Bonchev–Trinajstić information content (AvgIpc) is 3.13. The second kappa shape index (κ2) is 15.7. The quantitative estimate of drug-likeness (QED) is 0.0475. The third kappa shape index (κ3) is 8.12. The molecule has 272 valence electrons. The maximum atomic E-state index is 14.7. The molecule has 2 heterocycles. The van der Waals surface area contributed by atoms with Gasteiger partial charge >= 0.3 is 11.7 Å². The molecular weight excluding hydrogens is 694 g/mol. The Balaban J connectivity index is 1.11. The second-order valence-corrected chi connectivity index (χ2v) is 12.0. The van der Waals surface area contributed by atoms with Gasteiger partial charge in [0.15, 0.2) is 11.6 Å². The number of halogens is 2. The summed E-state index contributed by atoms with van der Waals surface area (Å²) in [5.41, 5.74) is 0.555. The number of carboxylic acids is 1. The number of phenols is 1. The molecule has 1 unspecified atom stereocenters. The van der Waals surface area contributed by atoms with Crippen molar-refractivity contribution in [3.05, 3.63) is 134 Å². The largest absolute Gasteiger partial charge is 0.505 e. The van der Waals surface area contributed by atoms with Crippen molar-refractivity contribution in [1.29, 1.82) is 0 Å². The van der Waals surface area contributed by atoms with Crippen molar-refractivity contribution in [1.82, 2.24) is 15.3 Å². The summed E-state index contributed by atoms with van der Waals surface area (Å²) >= 11 is 0. The minimum atomic E-state index is -1.63. The lowest BCUT2D eigenvalue weighted by molar-refractivity contribution is -0.384. The highest BCUT2D eigenvalue weighted by Gasteiger charge is 2.33. The van der Waals surface area contributed by atoms with Crippen molar-refractivity contribution in [3.63, 3.8) is 0 Å². The molecule has 1 amide bonds. The maximum Gasteiger partial charge on any atom is 0.335 e. The number of nitrogens with one attached hydrogen (secondary N) is 3. The number of nitro groups is 1. The number of nitrogens with zero attached hydrogens (tertiary/aromatic N) is 3. The lowest BCUT2D eigenvalue weighted by Crippen LogP contribution is -2.26. The van der Waals surface area contributed by atoms with E-state index in [4.69, 9.17) is 4.74 Å². The van der Waals surface area contributed by atoms with Gasteiger partial charge in [-0.05, 0) is 60.9 Å². The number of anilines is 3. The number of phenolic OH excluding ortho intramolecular Hbond substituents is 1. The fourth-order valence-electron chi connectivity index (χ4n) is 5.81. The number of aromatic hydroxyl groups is 1. The van der Waals surface area contributed by atoms with E-state index >= 15 is 0 Å². The van der Waals surface area contributed by atoms with E-state index in [0.29, 0.717) is 32.2 Å². The number of allylic oxidation sites excluding steroid dienone is 1. The number of carboxylic acid groups (broad SMARTS) is 1. The van der Waals surface area contributed by atoms with E-state index in [-0.39, 0.29) is 68.9 Å². The number of aromatic carboxylic acids is 1. The van der Waals surface area contributed by atoms with Gasteiger partial charge < -0.3 is 36.0 Å². The lowest BCUT2D eigenvalue weighted by Gasteiger charge is -2.29. The molecule has 1 aliphatic heterocycles. The minimum absolute atomic E-state index is 0.00539. The number of hydrogen-bond acceptors (Lipinski definition) is 11. The van der Waals surface area contributed by atoms with Gasteiger partial charge in [-0.1, -0.05) is 37.1 Å². The minimum Gasteiger partial charge on any atom is -0.505 e. The summed E-state index contributed by atoms with van der Waals surface area (Å²) in [6, 6.07) is 14.9. The van der Waals surface area contributed by atoms with Gasteiger partial charge in [-0.2, -0.15) is 4.98 Å². The van der Waals surface area contributed by atoms with Crippen LogP contribution in [0.4, 0.5) is 31.9 Å². The van der Waals surface area contributed by atoms with Crippen LogP contribution in [0.1, 0.15) is 57.5 Å². The topological polar surface area (TPSA) is 209 Å². The highest BCUT2D eigenvalue weighted by Crippen LogP contribution is 2.46. The van der Waals surface area contributed by atoms with Gasteiger partial charge in [0.2, 0.25) is 11.8 Å². The summed E-state index contributed by atoms with van der Waals surface area (Å²) < 4.78 is 35.1. The zero-order chi connectivity index (χ0) is 37.6. The molecule has 1 atom stereocenters. The SMILES string of the molecule is O=C(O)c1ccc(C2=C3C=C(F)C(O)C=C3Oc3cc(O)c(F)cc32)c(C(=O)NCCCCCCNc2nc(Nc3ccccc3)ncc2[N+](=O)[O-])c1. The third-order valence-corrected chi connectivity index (χ3v) is 8.41. The normalized spacial score (nSPS) is 14.6. The van der Waals surface area contributed by atoms with Crippen molar-refractivity contribution >= 4 is 40.6 Å². The zero-order valence-corrected chi connectivity index (χ0v) is 27.8. The Morgan fingerprint density at radius 2 is 1.74 bits per heavy atom. The molecule has 53 heavy (non-hydrogen) atoms. The highest BCUT2D eigenvalue weighted by atomic mass is 19.1. The number of aliphatic hydroxyl groups is 1. The van der Waals surface area contributed by atoms with E-state index < -0.39 is 40.3 Å². The Morgan fingerprint density at radius 1 is 0.981 bits per heavy atom. The van der Waals surface area contributed by atoms with Crippen molar-refractivity contribution in [3.8, 4) is 11.5 Å². The number of rotatable bonds is 14. The van der Waals surface area contributed by atoms with Gasteiger partial charge in [0.05, 0.1) is 10.5 Å². The first kappa shape index (κ1) is 36.1. The number of aliphatic hydroxyl groups excluding tert-OH is 1. The molecule has 16 heteroatoms. The lowest BCUT2D eigenvalue weighted by atomic mass is 9.84. The Labute approximate surface area is 300 Å². The number of aromatic nitrogens is 2. The van der Waals surface area contributed by atoms with E-state index in [1.165, 1.54) is 12.1 Å². The monoisotopic (exact) mass is 726 g/mol. The smallest absolute Gasteiger partial charge is 0.335 e. The Bertz CT molecular complexity index is 2190. The van der Waals surface area contributed by atoms with E-state index in [2.05, 4.69) is 25.9 Å². The van der Waals surface area contributed by atoms with Crippen LogP contribution in [0.3, 0.4) is 0 Å². The summed E-state index contributed by atoms with van der Waals surface area (Å²) in [7, 11) is 0. The van der Waals surface area contributed by atoms with Crippen molar-refractivity contribution < 1.29 is 43.3 Å². The number of carbonyl (C=O) groups excluding carboxylic acids is 1. The van der Waals surface area contributed by atoms with Crippen LogP contribution in [-0.4, -0.2) is 61.3 Å². The van der Waals surface area contributed by atoms with E-state index in [1.54, 1.807) is 12.1 Å². The zero-order valence-electron chi connectivity index (χ0n) is 27.8. The summed E-state index contributed by atoms with van der Waals surface area (Å²) in [6.45, 7) is 0.582. The molecule has 6 N–H and O–H groups in total. The Morgan fingerprint density at radius 3 is 2.47 bits per heavy atom. The van der Waals surface area contributed by atoms with Crippen molar-refractivity contribution in [2.24, 2.45) is 0 Å². The molecule has 4 aromatic rings. The molecule has 0 fully saturated rings. The third-order valence-electron chi connectivity index (χ3n) is 8.41. The van der Waals surface area contributed by atoms with Gasteiger partial charge in [-0.25, -0.2) is 18.6 Å². The van der Waals surface area contributed by atoms with Crippen LogP contribution < -0.4 is 20.7 Å². The Kier molecular flexibility index (Phi) is 10.7. The molecule has 0 saturated heterocycles. The van der Waals surface area contributed by atoms with Gasteiger partial charge in [-0.15, -0.1) is 0 Å². The standard InChI is InChI=1S/C37H32F2N6O8/c38-26-15-24-31(17-29(26)46)53-32-18-30(47)27(39)16-25(32)33(24)22-11-10-20(36(49)50)14-23(22)35(48)41-13-7-2-1-6-12-40-34-28(45(51)52)19-42-37(44-34)43-21-8-4-3-5-9-21/h3-5,8-11,14-19,29,46-47H,1-2,6-7,12-13H2,(H,41,48)(H,49,50)(H2,40,42,43,44). The molecule has 1 aromatic heterocycles. The van der Waals surface area contributed by atoms with Gasteiger partial charge in [0, 0.05) is 47.1 Å². The molecule has 1 aliphatic carbocycles. The fourth-order valence-corrected chi connectivity index (χ4v) is 5.81. The average molecular weight is 727 g/mol. The first-order chi connectivity index (χ1) is 25.5. The van der Waals surface area contributed by atoms with Crippen molar-refractivity contribution in [2.75, 3.05) is 23.7 Å². The van der Waals surface area contributed by atoms with Crippen molar-refractivity contribution in [2.45, 2.75) is 31.8 Å². The summed E-state index contributed by atoms with van der Waals surface area (Å²) in [4.78, 5) is 44.7. The van der Waals surface area contributed by atoms with Gasteiger partial charge in [0.25, 0.3) is 5.91 Å². The van der Waals surface area contributed by atoms with Crippen LogP contribution >= 0.6 is 0 Å². The summed E-state index contributed by atoms with van der Waals surface area (Å²) in [6.07, 6.45) is 4.11. The predicted octanol–water partition coefficient (Wildman–Crippen LogP) is 6.38. The van der Waals surface area contributed by atoms with Crippen LogP contribution in [0.15, 0.2) is 96.2 Å². The molecule has 0 spiro atoms.